The van der Waals surface area contributed by atoms with Crippen LogP contribution < -0.4 is 5.32 Å². The topological polar surface area (TPSA) is 30.5 Å². The van der Waals surface area contributed by atoms with Gasteiger partial charge in [0.05, 0.1) is 19.8 Å². The second kappa shape index (κ2) is 10.8. The predicted octanol–water partition coefficient (Wildman–Crippen LogP) is 3.23. The molecular weight excluding hydrogens is 226 g/mol. The van der Waals surface area contributed by atoms with E-state index >= 15 is 0 Å². The first-order chi connectivity index (χ1) is 8.52. The third kappa shape index (κ3) is 9.86. The van der Waals surface area contributed by atoms with Gasteiger partial charge in [-0.15, -0.1) is 0 Å². The van der Waals surface area contributed by atoms with Crippen LogP contribution in [-0.4, -0.2) is 39.0 Å². The van der Waals surface area contributed by atoms with Crippen molar-refractivity contribution in [2.45, 2.75) is 59.9 Å². The smallest absolute Gasteiger partial charge is 0.0701 e. The quantitative estimate of drug-likeness (QED) is 0.578. The summed E-state index contributed by atoms with van der Waals surface area (Å²) >= 11 is 0. The van der Waals surface area contributed by atoms with Crippen molar-refractivity contribution in [3.63, 3.8) is 0 Å². The van der Waals surface area contributed by atoms with E-state index < -0.39 is 0 Å². The number of ether oxygens (including phenoxy) is 2. The molecule has 0 aromatic heterocycles. The SMILES string of the molecule is CCCCOCCOCC(NCCC)C(C)(C)C. The maximum absolute atomic E-state index is 5.71. The first-order valence-corrected chi connectivity index (χ1v) is 7.41. The second-order valence-electron chi connectivity index (χ2n) is 5.91. The van der Waals surface area contributed by atoms with Crippen LogP contribution in [0.5, 0.6) is 0 Å². The lowest BCUT2D eigenvalue weighted by atomic mass is 9.87. The van der Waals surface area contributed by atoms with Crippen molar-refractivity contribution in [3.8, 4) is 0 Å². The Morgan fingerprint density at radius 3 is 2.17 bits per heavy atom. The molecule has 0 aromatic carbocycles. The Bertz CT molecular complexity index is 178. The molecule has 3 heteroatoms. The van der Waals surface area contributed by atoms with Crippen molar-refractivity contribution in [1.29, 1.82) is 0 Å². The van der Waals surface area contributed by atoms with Crippen molar-refractivity contribution in [3.05, 3.63) is 0 Å². The van der Waals surface area contributed by atoms with Crippen molar-refractivity contribution < 1.29 is 9.47 Å². The molecule has 1 atom stereocenters. The van der Waals surface area contributed by atoms with Gasteiger partial charge in [-0.25, -0.2) is 0 Å². The summed E-state index contributed by atoms with van der Waals surface area (Å²) < 4.78 is 11.2. The van der Waals surface area contributed by atoms with E-state index in [1.807, 2.05) is 0 Å². The number of nitrogens with one attached hydrogen (secondary N) is 1. The van der Waals surface area contributed by atoms with Crippen molar-refractivity contribution in [2.75, 3.05) is 33.0 Å². The Morgan fingerprint density at radius 1 is 0.944 bits per heavy atom. The van der Waals surface area contributed by atoms with E-state index in [4.69, 9.17) is 9.47 Å². The molecule has 0 saturated heterocycles. The molecule has 0 radical (unpaired) electrons. The van der Waals surface area contributed by atoms with Gasteiger partial charge in [0.15, 0.2) is 0 Å². The molecule has 0 fully saturated rings. The molecule has 0 aliphatic carbocycles. The summed E-state index contributed by atoms with van der Waals surface area (Å²) in [6.07, 6.45) is 3.49. The maximum atomic E-state index is 5.71. The van der Waals surface area contributed by atoms with Gasteiger partial charge in [-0.3, -0.25) is 0 Å². The Labute approximate surface area is 114 Å². The Balaban J connectivity index is 3.63. The summed E-state index contributed by atoms with van der Waals surface area (Å²) in [5, 5.41) is 3.55. The minimum Gasteiger partial charge on any atom is -0.379 e. The standard InChI is InChI=1S/C15H33NO2/c1-6-8-10-17-11-12-18-13-14(15(3,4)5)16-9-7-2/h14,16H,6-13H2,1-5H3. The van der Waals surface area contributed by atoms with Crippen LogP contribution >= 0.6 is 0 Å². The molecule has 0 aliphatic rings. The van der Waals surface area contributed by atoms with Gasteiger partial charge in [0, 0.05) is 12.6 Å². The molecule has 0 bridgehead atoms. The van der Waals surface area contributed by atoms with E-state index in [2.05, 4.69) is 39.9 Å². The largest absolute Gasteiger partial charge is 0.379 e. The zero-order valence-electron chi connectivity index (χ0n) is 13.1. The second-order valence-corrected chi connectivity index (χ2v) is 5.91. The van der Waals surface area contributed by atoms with Crippen LogP contribution in [0.1, 0.15) is 53.9 Å². The van der Waals surface area contributed by atoms with Crippen LogP contribution in [0.15, 0.2) is 0 Å². The fourth-order valence-electron chi connectivity index (χ4n) is 1.60. The highest BCUT2D eigenvalue weighted by atomic mass is 16.5. The van der Waals surface area contributed by atoms with Gasteiger partial charge in [0.25, 0.3) is 0 Å². The minimum atomic E-state index is 0.234. The van der Waals surface area contributed by atoms with Crippen LogP contribution in [0.3, 0.4) is 0 Å². The van der Waals surface area contributed by atoms with Gasteiger partial charge in [-0.05, 0) is 24.8 Å². The van der Waals surface area contributed by atoms with E-state index in [0.717, 1.165) is 32.6 Å². The molecule has 0 amide bonds. The van der Waals surface area contributed by atoms with Crippen molar-refractivity contribution >= 4 is 0 Å². The molecule has 0 spiro atoms. The highest BCUT2D eigenvalue weighted by molar-refractivity contribution is 4.79. The molecule has 0 aliphatic heterocycles. The molecule has 1 unspecified atom stereocenters. The summed E-state index contributed by atoms with van der Waals surface area (Å²) in [6.45, 7) is 15.2. The van der Waals surface area contributed by atoms with Crippen LogP contribution in [0.2, 0.25) is 0 Å². The number of rotatable bonds is 11. The molecule has 0 aromatic rings. The van der Waals surface area contributed by atoms with E-state index in [9.17, 15) is 0 Å². The molecule has 0 saturated carbocycles. The van der Waals surface area contributed by atoms with Crippen molar-refractivity contribution in [2.24, 2.45) is 5.41 Å². The van der Waals surface area contributed by atoms with Gasteiger partial charge in [0.2, 0.25) is 0 Å². The lowest BCUT2D eigenvalue weighted by Gasteiger charge is -2.31. The third-order valence-corrected chi connectivity index (χ3v) is 2.98. The zero-order valence-corrected chi connectivity index (χ0v) is 13.1. The maximum Gasteiger partial charge on any atom is 0.0701 e. The normalized spacial score (nSPS) is 13.8. The number of hydrogen-bond donors (Lipinski definition) is 1. The van der Waals surface area contributed by atoms with E-state index in [-0.39, 0.29) is 5.41 Å². The number of unbranched alkanes of at least 4 members (excludes halogenated alkanes) is 1. The monoisotopic (exact) mass is 259 g/mol. The Hall–Kier alpha value is -0.120. The van der Waals surface area contributed by atoms with Gasteiger partial charge < -0.3 is 14.8 Å². The first-order valence-electron chi connectivity index (χ1n) is 7.41. The van der Waals surface area contributed by atoms with E-state index in [0.29, 0.717) is 19.3 Å². The molecule has 18 heavy (non-hydrogen) atoms. The van der Waals surface area contributed by atoms with Crippen molar-refractivity contribution in [1.82, 2.24) is 5.32 Å². The average Bonchev–Trinajstić information content (AvgIpc) is 2.30. The average molecular weight is 259 g/mol. The fraction of sp³-hybridized carbons (Fsp3) is 1.00. The summed E-state index contributed by atoms with van der Waals surface area (Å²) in [5.41, 5.74) is 0.234. The fourth-order valence-corrected chi connectivity index (χ4v) is 1.60. The zero-order chi connectivity index (χ0) is 13.9. The molecule has 3 nitrogen and oxygen atoms in total. The van der Waals surface area contributed by atoms with E-state index in [1.54, 1.807) is 0 Å². The minimum absolute atomic E-state index is 0.234. The molecule has 110 valence electrons. The highest BCUT2D eigenvalue weighted by Crippen LogP contribution is 2.19. The van der Waals surface area contributed by atoms with Crippen LogP contribution in [0.25, 0.3) is 0 Å². The summed E-state index contributed by atoms with van der Waals surface area (Å²) in [5.74, 6) is 0. The molecular formula is C15H33NO2. The van der Waals surface area contributed by atoms with Gasteiger partial charge in [-0.2, -0.15) is 0 Å². The predicted molar refractivity (Wildman–Crippen MR) is 78.1 cm³/mol. The number of hydrogen-bond acceptors (Lipinski definition) is 3. The third-order valence-electron chi connectivity index (χ3n) is 2.98. The van der Waals surface area contributed by atoms with Crippen LogP contribution in [0, 0.1) is 5.41 Å². The summed E-state index contributed by atoms with van der Waals surface area (Å²) in [6, 6.07) is 0.410. The lowest BCUT2D eigenvalue weighted by Crippen LogP contribution is -2.44. The van der Waals surface area contributed by atoms with Crippen LogP contribution in [0.4, 0.5) is 0 Å². The summed E-state index contributed by atoms with van der Waals surface area (Å²) in [7, 11) is 0. The molecule has 0 heterocycles. The molecule has 0 rings (SSSR count). The van der Waals surface area contributed by atoms with Gasteiger partial charge in [0.1, 0.15) is 0 Å². The highest BCUT2D eigenvalue weighted by Gasteiger charge is 2.23. The lowest BCUT2D eigenvalue weighted by molar-refractivity contribution is 0.0241. The Kier molecular flexibility index (Phi) is 10.7. The molecule has 1 N–H and O–H groups in total. The van der Waals surface area contributed by atoms with Crippen LogP contribution in [-0.2, 0) is 9.47 Å². The van der Waals surface area contributed by atoms with Gasteiger partial charge >= 0.3 is 0 Å². The van der Waals surface area contributed by atoms with E-state index in [1.165, 1.54) is 6.42 Å². The first kappa shape index (κ1) is 17.9. The Morgan fingerprint density at radius 2 is 1.61 bits per heavy atom. The summed E-state index contributed by atoms with van der Waals surface area (Å²) in [4.78, 5) is 0. The van der Waals surface area contributed by atoms with Gasteiger partial charge in [-0.1, -0.05) is 41.0 Å².